The van der Waals surface area contributed by atoms with Crippen LogP contribution in [0.5, 0.6) is 11.5 Å². The van der Waals surface area contributed by atoms with Crippen molar-refractivity contribution in [2.75, 3.05) is 32.7 Å². The van der Waals surface area contributed by atoms with Crippen LogP contribution in [0, 0.1) is 6.92 Å². The van der Waals surface area contributed by atoms with Crippen molar-refractivity contribution >= 4 is 5.82 Å². The first kappa shape index (κ1) is 19.1. The lowest BCUT2D eigenvalue weighted by Crippen LogP contribution is -2.21. The molecule has 0 saturated carbocycles. The molecule has 0 fully saturated rings. The Morgan fingerprint density at radius 1 is 1.28 bits per heavy atom. The molecule has 0 aliphatic carbocycles. The fourth-order valence-corrected chi connectivity index (χ4v) is 3.06. The number of ether oxygens (including phenoxy) is 2. The molecule has 6 nitrogen and oxygen atoms in total. The molecule has 0 amide bonds. The third kappa shape index (κ3) is 4.25. The highest BCUT2D eigenvalue weighted by Crippen LogP contribution is 2.30. The van der Waals surface area contributed by atoms with Crippen LogP contribution in [-0.2, 0) is 13.6 Å². The van der Waals surface area contributed by atoms with Crippen LogP contribution in [0.1, 0.15) is 36.7 Å². The first-order valence-corrected chi connectivity index (χ1v) is 8.62. The number of methoxy groups -OCH3 is 1. The maximum atomic E-state index is 5.59. The lowest BCUT2D eigenvalue weighted by atomic mass is 10.1. The second-order valence-corrected chi connectivity index (χ2v) is 6.35. The zero-order valence-electron chi connectivity index (χ0n) is 16.4. The molecule has 0 aliphatic heterocycles. The van der Waals surface area contributed by atoms with E-state index in [9.17, 15) is 0 Å². The van der Waals surface area contributed by atoms with Gasteiger partial charge in [0.15, 0.2) is 11.5 Å². The molecule has 0 bridgehead atoms. The van der Waals surface area contributed by atoms with E-state index in [2.05, 4.69) is 35.2 Å². The molecule has 1 aromatic carbocycles. The van der Waals surface area contributed by atoms with Crippen LogP contribution in [0.25, 0.3) is 0 Å². The van der Waals surface area contributed by atoms with E-state index in [-0.39, 0.29) is 6.04 Å². The predicted octanol–water partition coefficient (Wildman–Crippen LogP) is 3.05. The highest BCUT2D eigenvalue weighted by Gasteiger charge is 2.16. The number of nitrogens with one attached hydrogen (secondary N) is 1. The zero-order chi connectivity index (χ0) is 18.6. The van der Waals surface area contributed by atoms with Crippen molar-refractivity contribution in [1.29, 1.82) is 0 Å². The van der Waals surface area contributed by atoms with Crippen LogP contribution in [0.15, 0.2) is 18.2 Å². The summed E-state index contributed by atoms with van der Waals surface area (Å²) in [6, 6.07) is 6.26. The second kappa shape index (κ2) is 8.25. The summed E-state index contributed by atoms with van der Waals surface area (Å²) in [7, 11) is 7.73. The summed E-state index contributed by atoms with van der Waals surface area (Å²) in [5, 5.41) is 8.13. The summed E-state index contributed by atoms with van der Waals surface area (Å²) < 4.78 is 13.0. The van der Waals surface area contributed by atoms with Gasteiger partial charge in [-0.05, 0) is 38.5 Å². The SMILES string of the molecule is CCOc1ccc([C@H](C)NCc2c(C)nn(C)c2N(C)C)cc1OC. The molecule has 0 radical (unpaired) electrons. The molecule has 1 aromatic heterocycles. The van der Waals surface area contributed by atoms with E-state index in [4.69, 9.17) is 9.47 Å². The van der Waals surface area contributed by atoms with Crippen molar-refractivity contribution in [1.82, 2.24) is 15.1 Å². The van der Waals surface area contributed by atoms with Crippen LogP contribution >= 0.6 is 0 Å². The lowest BCUT2D eigenvalue weighted by Gasteiger charge is -2.19. The van der Waals surface area contributed by atoms with E-state index in [1.54, 1.807) is 7.11 Å². The smallest absolute Gasteiger partial charge is 0.161 e. The van der Waals surface area contributed by atoms with Gasteiger partial charge >= 0.3 is 0 Å². The summed E-state index contributed by atoms with van der Waals surface area (Å²) in [6.07, 6.45) is 0. The standard InChI is InChI=1S/C19H30N4O2/c1-8-25-17-10-9-15(11-18(17)24-7)13(2)20-12-16-14(3)21-23(6)19(16)22(4)5/h9-11,13,20H,8,12H2,1-7H3/t13-/m0/s1. The first-order chi connectivity index (χ1) is 11.9. The molecule has 1 atom stereocenters. The molecule has 1 N–H and O–H groups in total. The van der Waals surface area contributed by atoms with E-state index >= 15 is 0 Å². The van der Waals surface area contributed by atoms with E-state index in [1.807, 2.05) is 44.9 Å². The predicted molar refractivity (Wildman–Crippen MR) is 102 cm³/mol. The lowest BCUT2D eigenvalue weighted by molar-refractivity contribution is 0.310. The third-order valence-electron chi connectivity index (χ3n) is 4.31. The monoisotopic (exact) mass is 346 g/mol. The molecule has 2 aromatic rings. The highest BCUT2D eigenvalue weighted by atomic mass is 16.5. The van der Waals surface area contributed by atoms with Gasteiger partial charge in [0.1, 0.15) is 5.82 Å². The van der Waals surface area contributed by atoms with Crippen molar-refractivity contribution in [3.05, 3.63) is 35.0 Å². The maximum absolute atomic E-state index is 5.59. The first-order valence-electron chi connectivity index (χ1n) is 8.62. The molecule has 1 heterocycles. The van der Waals surface area contributed by atoms with E-state index in [1.165, 1.54) is 5.56 Å². The second-order valence-electron chi connectivity index (χ2n) is 6.35. The number of nitrogens with zero attached hydrogens (tertiary/aromatic N) is 3. The Hall–Kier alpha value is -2.21. The highest BCUT2D eigenvalue weighted by molar-refractivity contribution is 5.49. The number of anilines is 1. The van der Waals surface area contributed by atoms with Crippen molar-refractivity contribution in [3.8, 4) is 11.5 Å². The van der Waals surface area contributed by atoms with Gasteiger partial charge in [-0.15, -0.1) is 0 Å². The molecule has 6 heteroatoms. The van der Waals surface area contributed by atoms with Crippen LogP contribution in [-0.4, -0.2) is 37.6 Å². The largest absolute Gasteiger partial charge is 0.493 e. The van der Waals surface area contributed by atoms with Gasteiger partial charge in [0, 0.05) is 39.3 Å². The Balaban J connectivity index is 2.14. The molecule has 0 spiro atoms. The van der Waals surface area contributed by atoms with E-state index < -0.39 is 0 Å². The Labute approximate surface area is 150 Å². The molecular weight excluding hydrogens is 316 g/mol. The van der Waals surface area contributed by atoms with Crippen molar-refractivity contribution in [3.63, 3.8) is 0 Å². The van der Waals surface area contributed by atoms with Crippen LogP contribution in [0.3, 0.4) is 0 Å². The summed E-state index contributed by atoms with van der Waals surface area (Å²) in [5.74, 6) is 2.67. The average molecular weight is 346 g/mol. The topological polar surface area (TPSA) is 51.5 Å². The van der Waals surface area contributed by atoms with Gasteiger partial charge in [0.25, 0.3) is 0 Å². The summed E-state index contributed by atoms with van der Waals surface area (Å²) in [5.41, 5.74) is 3.43. The van der Waals surface area contributed by atoms with Crippen LogP contribution in [0.2, 0.25) is 0 Å². The number of aryl methyl sites for hydroxylation is 2. The summed E-state index contributed by atoms with van der Waals surface area (Å²) >= 11 is 0. The Morgan fingerprint density at radius 3 is 2.60 bits per heavy atom. The number of hydrogen-bond acceptors (Lipinski definition) is 5. The van der Waals surface area contributed by atoms with Gasteiger partial charge in [-0.1, -0.05) is 6.07 Å². The molecule has 0 saturated heterocycles. The molecule has 0 aliphatic rings. The minimum Gasteiger partial charge on any atom is -0.493 e. The minimum absolute atomic E-state index is 0.180. The zero-order valence-corrected chi connectivity index (χ0v) is 16.4. The average Bonchev–Trinajstić information content (AvgIpc) is 2.86. The third-order valence-corrected chi connectivity index (χ3v) is 4.31. The van der Waals surface area contributed by atoms with Gasteiger partial charge in [-0.2, -0.15) is 5.10 Å². The number of hydrogen-bond donors (Lipinski definition) is 1. The normalized spacial score (nSPS) is 12.1. The molecular formula is C19H30N4O2. The maximum Gasteiger partial charge on any atom is 0.161 e. The van der Waals surface area contributed by atoms with Crippen LogP contribution in [0.4, 0.5) is 5.82 Å². The Bertz CT molecular complexity index is 710. The van der Waals surface area contributed by atoms with Crippen molar-refractivity contribution < 1.29 is 9.47 Å². The van der Waals surface area contributed by atoms with Gasteiger partial charge in [0.2, 0.25) is 0 Å². The van der Waals surface area contributed by atoms with Crippen molar-refractivity contribution in [2.24, 2.45) is 7.05 Å². The van der Waals surface area contributed by atoms with Gasteiger partial charge < -0.3 is 19.7 Å². The fraction of sp³-hybridized carbons (Fsp3) is 0.526. The molecule has 2 rings (SSSR count). The van der Waals surface area contributed by atoms with Gasteiger partial charge in [-0.3, -0.25) is 4.68 Å². The quantitative estimate of drug-likeness (QED) is 0.796. The Morgan fingerprint density at radius 2 is 2.00 bits per heavy atom. The number of benzene rings is 1. The van der Waals surface area contributed by atoms with Crippen LogP contribution < -0.4 is 19.7 Å². The van der Waals surface area contributed by atoms with Gasteiger partial charge in [-0.25, -0.2) is 0 Å². The number of aromatic nitrogens is 2. The molecule has 25 heavy (non-hydrogen) atoms. The molecule has 0 unspecified atom stereocenters. The van der Waals surface area contributed by atoms with Gasteiger partial charge in [0.05, 0.1) is 19.4 Å². The van der Waals surface area contributed by atoms with E-state index in [0.717, 1.165) is 35.1 Å². The Kier molecular flexibility index (Phi) is 6.31. The molecule has 138 valence electrons. The minimum atomic E-state index is 0.180. The summed E-state index contributed by atoms with van der Waals surface area (Å²) in [6.45, 7) is 7.54. The summed E-state index contributed by atoms with van der Waals surface area (Å²) in [4.78, 5) is 2.10. The van der Waals surface area contributed by atoms with Crippen molar-refractivity contribution in [2.45, 2.75) is 33.4 Å². The number of rotatable bonds is 8. The van der Waals surface area contributed by atoms with E-state index in [0.29, 0.717) is 6.61 Å². The fourth-order valence-electron chi connectivity index (χ4n) is 3.06.